The molecule has 10 heteroatoms. The van der Waals surface area contributed by atoms with E-state index in [9.17, 15) is 19.5 Å². The standard InChI is InChI=1S/C37H41N5O5/c1-24(2)17-29(21-43)40-36(45)33(19-28-20-38-23-39-28)42-37(46)32(18-27-13-7-11-25-9-3-5-14-30(25)27)41-35(44)22-47-34-16-8-12-26-10-4-6-15-31(26)34/h3-16,20,23-24,29,32-33,43H,17-19,21-22H2,1-2H3,(H,38,39)(H,40,45)(H,41,44)(H,42,46)/t29-,32-,33-/m0/s1. The topological polar surface area (TPSA) is 145 Å². The number of aromatic amines is 1. The van der Waals surface area contributed by atoms with E-state index in [0.29, 0.717) is 17.9 Å². The predicted octanol–water partition coefficient (Wildman–Crippen LogP) is 4.07. The number of amides is 3. The molecule has 0 bridgehead atoms. The minimum absolute atomic E-state index is 0.111. The van der Waals surface area contributed by atoms with Gasteiger partial charge in [-0.15, -0.1) is 0 Å². The molecule has 47 heavy (non-hydrogen) atoms. The lowest BCUT2D eigenvalue weighted by molar-refractivity contribution is -0.132. The molecule has 0 radical (unpaired) electrons. The van der Waals surface area contributed by atoms with Crippen molar-refractivity contribution in [2.45, 2.75) is 51.2 Å². The number of aromatic nitrogens is 2. The van der Waals surface area contributed by atoms with Gasteiger partial charge in [-0.2, -0.15) is 0 Å². The van der Waals surface area contributed by atoms with Gasteiger partial charge in [0.2, 0.25) is 11.8 Å². The number of carbonyl (C=O) groups is 3. The lowest BCUT2D eigenvalue weighted by Crippen LogP contribution is -2.57. The molecule has 0 aliphatic carbocycles. The maximum atomic E-state index is 14.0. The van der Waals surface area contributed by atoms with Crippen molar-refractivity contribution in [3.05, 3.63) is 109 Å². The average Bonchev–Trinajstić information content (AvgIpc) is 3.59. The predicted molar refractivity (Wildman–Crippen MR) is 182 cm³/mol. The van der Waals surface area contributed by atoms with E-state index in [-0.39, 0.29) is 32.0 Å². The number of ether oxygens (including phenoxy) is 1. The molecule has 1 aromatic heterocycles. The number of rotatable bonds is 15. The molecule has 0 fully saturated rings. The summed E-state index contributed by atoms with van der Waals surface area (Å²) in [6.07, 6.45) is 4.02. The van der Waals surface area contributed by atoms with Gasteiger partial charge in [-0.1, -0.05) is 92.7 Å². The summed E-state index contributed by atoms with van der Waals surface area (Å²) in [5.41, 5.74) is 1.44. The summed E-state index contributed by atoms with van der Waals surface area (Å²) in [6, 6.07) is 24.5. The second-order valence-corrected chi connectivity index (χ2v) is 12.1. The van der Waals surface area contributed by atoms with Gasteiger partial charge in [0.05, 0.1) is 24.7 Å². The highest BCUT2D eigenvalue weighted by molar-refractivity contribution is 5.94. The summed E-state index contributed by atoms with van der Waals surface area (Å²) in [5, 5.41) is 22.3. The molecule has 244 valence electrons. The average molecular weight is 636 g/mol. The fourth-order valence-corrected chi connectivity index (χ4v) is 5.74. The molecule has 3 atom stereocenters. The first-order chi connectivity index (χ1) is 22.8. The number of H-pyrrole nitrogens is 1. The SMILES string of the molecule is CC(C)C[C@@H](CO)NC(=O)[C@H](Cc1c[nH]cn1)NC(=O)[C@H](Cc1cccc2ccccc12)NC(=O)COc1cccc2ccccc12. The Kier molecular flexibility index (Phi) is 11.2. The van der Waals surface area contributed by atoms with E-state index in [1.807, 2.05) is 92.7 Å². The van der Waals surface area contributed by atoms with Crippen molar-refractivity contribution < 1.29 is 24.2 Å². The molecule has 0 saturated carbocycles. The largest absolute Gasteiger partial charge is 0.483 e. The van der Waals surface area contributed by atoms with E-state index < -0.39 is 35.8 Å². The Morgan fingerprint density at radius 3 is 2.13 bits per heavy atom. The van der Waals surface area contributed by atoms with Crippen LogP contribution in [0, 0.1) is 5.92 Å². The first-order valence-electron chi connectivity index (χ1n) is 15.9. The maximum Gasteiger partial charge on any atom is 0.258 e. The van der Waals surface area contributed by atoms with E-state index in [4.69, 9.17) is 4.74 Å². The number of benzene rings is 4. The van der Waals surface area contributed by atoms with Crippen LogP contribution >= 0.6 is 0 Å². The molecule has 0 unspecified atom stereocenters. The van der Waals surface area contributed by atoms with E-state index >= 15 is 0 Å². The van der Waals surface area contributed by atoms with E-state index in [0.717, 1.165) is 27.1 Å². The summed E-state index contributed by atoms with van der Waals surface area (Å²) in [4.78, 5) is 48.0. The highest BCUT2D eigenvalue weighted by Crippen LogP contribution is 2.25. The third-order valence-electron chi connectivity index (χ3n) is 7.99. The Bertz CT molecular complexity index is 1800. The Balaban J connectivity index is 1.37. The molecule has 4 aromatic carbocycles. The highest BCUT2D eigenvalue weighted by Gasteiger charge is 2.29. The molecule has 0 aliphatic heterocycles. The van der Waals surface area contributed by atoms with Crippen molar-refractivity contribution in [2.24, 2.45) is 5.92 Å². The number of nitrogens with zero attached hydrogens (tertiary/aromatic N) is 1. The Morgan fingerprint density at radius 1 is 0.787 bits per heavy atom. The number of aliphatic hydroxyl groups excluding tert-OH is 1. The minimum Gasteiger partial charge on any atom is -0.483 e. The van der Waals surface area contributed by atoms with Crippen LogP contribution in [0.2, 0.25) is 0 Å². The number of carbonyl (C=O) groups excluding carboxylic acids is 3. The first kappa shape index (κ1) is 33.2. The third kappa shape index (κ3) is 8.95. The summed E-state index contributed by atoms with van der Waals surface area (Å²) >= 11 is 0. The van der Waals surface area contributed by atoms with Gasteiger partial charge in [0.25, 0.3) is 5.91 Å². The quantitative estimate of drug-likeness (QED) is 0.117. The molecule has 5 N–H and O–H groups in total. The van der Waals surface area contributed by atoms with Gasteiger partial charge >= 0.3 is 0 Å². The van der Waals surface area contributed by atoms with Crippen LogP contribution in [0.4, 0.5) is 0 Å². The van der Waals surface area contributed by atoms with Gasteiger partial charge in [-0.05, 0) is 40.1 Å². The fraction of sp³-hybridized carbons (Fsp3) is 0.297. The van der Waals surface area contributed by atoms with E-state index in [1.165, 1.54) is 6.33 Å². The van der Waals surface area contributed by atoms with Gasteiger partial charge in [-0.3, -0.25) is 14.4 Å². The number of hydrogen-bond acceptors (Lipinski definition) is 6. The molecular formula is C37H41N5O5. The first-order valence-corrected chi connectivity index (χ1v) is 15.9. The number of fused-ring (bicyclic) bond motifs is 2. The Labute approximate surface area is 273 Å². The van der Waals surface area contributed by atoms with E-state index in [1.54, 1.807) is 12.3 Å². The van der Waals surface area contributed by atoms with Gasteiger partial charge in [0, 0.05) is 24.4 Å². The van der Waals surface area contributed by atoms with Crippen LogP contribution in [0.15, 0.2) is 97.5 Å². The van der Waals surface area contributed by atoms with Crippen LogP contribution in [0.25, 0.3) is 21.5 Å². The molecule has 5 rings (SSSR count). The van der Waals surface area contributed by atoms with Gasteiger partial charge < -0.3 is 30.8 Å². The Morgan fingerprint density at radius 2 is 1.43 bits per heavy atom. The zero-order chi connectivity index (χ0) is 33.2. The molecular weight excluding hydrogens is 594 g/mol. The summed E-state index contributed by atoms with van der Waals surface area (Å²) in [5.74, 6) is -0.664. The number of nitrogens with one attached hydrogen (secondary N) is 4. The Hall–Kier alpha value is -5.22. The zero-order valence-electron chi connectivity index (χ0n) is 26.6. The molecule has 3 amide bonds. The molecule has 5 aromatic rings. The van der Waals surface area contributed by atoms with Crippen LogP contribution in [0.3, 0.4) is 0 Å². The monoisotopic (exact) mass is 635 g/mol. The number of imidazole rings is 1. The van der Waals surface area contributed by atoms with Crippen molar-refractivity contribution >= 4 is 39.3 Å². The van der Waals surface area contributed by atoms with Crippen LogP contribution in [-0.2, 0) is 27.2 Å². The lowest BCUT2D eigenvalue weighted by Gasteiger charge is -2.25. The van der Waals surface area contributed by atoms with Crippen molar-refractivity contribution in [3.8, 4) is 5.75 Å². The van der Waals surface area contributed by atoms with Crippen LogP contribution in [0.5, 0.6) is 5.75 Å². The lowest BCUT2D eigenvalue weighted by atomic mass is 9.98. The summed E-state index contributed by atoms with van der Waals surface area (Å²) in [7, 11) is 0. The molecule has 0 aliphatic rings. The molecule has 0 saturated heterocycles. The van der Waals surface area contributed by atoms with Crippen molar-refractivity contribution in [1.29, 1.82) is 0 Å². The summed E-state index contributed by atoms with van der Waals surface area (Å²) < 4.78 is 5.92. The second kappa shape index (κ2) is 15.9. The molecule has 1 heterocycles. The van der Waals surface area contributed by atoms with Crippen LogP contribution in [-0.4, -0.2) is 64.1 Å². The molecule has 0 spiro atoms. The summed E-state index contributed by atoms with van der Waals surface area (Å²) in [6.45, 7) is 3.46. The van der Waals surface area contributed by atoms with Crippen molar-refractivity contribution in [3.63, 3.8) is 0 Å². The van der Waals surface area contributed by atoms with E-state index in [2.05, 4.69) is 25.9 Å². The second-order valence-electron chi connectivity index (χ2n) is 12.1. The van der Waals surface area contributed by atoms with Crippen molar-refractivity contribution in [2.75, 3.05) is 13.2 Å². The normalized spacial score (nSPS) is 13.2. The maximum absolute atomic E-state index is 14.0. The van der Waals surface area contributed by atoms with Crippen molar-refractivity contribution in [1.82, 2.24) is 25.9 Å². The highest BCUT2D eigenvalue weighted by atomic mass is 16.5. The number of hydrogen-bond donors (Lipinski definition) is 5. The number of aliphatic hydroxyl groups is 1. The zero-order valence-corrected chi connectivity index (χ0v) is 26.6. The smallest absolute Gasteiger partial charge is 0.258 e. The van der Waals surface area contributed by atoms with Crippen LogP contribution in [0.1, 0.15) is 31.5 Å². The van der Waals surface area contributed by atoms with Gasteiger partial charge in [0.1, 0.15) is 17.8 Å². The third-order valence-corrected chi connectivity index (χ3v) is 7.99. The van der Waals surface area contributed by atoms with Crippen LogP contribution < -0.4 is 20.7 Å². The fourth-order valence-electron chi connectivity index (χ4n) is 5.74. The van der Waals surface area contributed by atoms with Gasteiger partial charge in [0.15, 0.2) is 6.61 Å². The minimum atomic E-state index is -1.02. The molecule has 10 nitrogen and oxygen atoms in total. The van der Waals surface area contributed by atoms with Gasteiger partial charge in [-0.25, -0.2) is 4.98 Å².